The van der Waals surface area contributed by atoms with Gasteiger partial charge >= 0.3 is 5.97 Å². The fourth-order valence-electron chi connectivity index (χ4n) is 1.77. The quantitative estimate of drug-likeness (QED) is 0.476. The van der Waals surface area contributed by atoms with Crippen LogP contribution in [0.5, 0.6) is 0 Å². The zero-order valence-electron chi connectivity index (χ0n) is 8.57. The maximum absolute atomic E-state index is 11.7. The summed E-state index contributed by atoms with van der Waals surface area (Å²) in [5.41, 5.74) is 0.792. The fourth-order valence-corrected chi connectivity index (χ4v) is 2.39. The number of carbonyl (C=O) groups excluding carboxylic acids is 1. The van der Waals surface area contributed by atoms with Gasteiger partial charge in [-0.25, -0.2) is 0 Å². The summed E-state index contributed by atoms with van der Waals surface area (Å²) in [5, 5.41) is 0. The molecule has 1 aliphatic heterocycles. The molecule has 1 aromatic carbocycles. The van der Waals surface area contributed by atoms with E-state index in [1.807, 2.05) is 37.3 Å². The normalized spacial score (nSPS) is 30.3. The second kappa shape index (κ2) is 4.12. The van der Waals surface area contributed by atoms with Crippen LogP contribution in [0.25, 0.3) is 0 Å². The Hall–Kier alpha value is -0.580. The second-order valence-corrected chi connectivity index (χ2v) is 4.97. The van der Waals surface area contributed by atoms with Crippen LogP contribution in [0.1, 0.15) is 25.0 Å². The van der Waals surface area contributed by atoms with Crippen molar-refractivity contribution < 1.29 is 9.53 Å². The van der Waals surface area contributed by atoms with Gasteiger partial charge in [-0.3, -0.25) is 4.79 Å². The monoisotopic (exact) mass is 316 g/mol. The first-order valence-electron chi connectivity index (χ1n) is 4.98. The van der Waals surface area contributed by atoms with E-state index in [0.717, 1.165) is 16.4 Å². The smallest absolute Gasteiger partial charge is 0.313 e. The van der Waals surface area contributed by atoms with Crippen LogP contribution in [0.3, 0.4) is 0 Å². The van der Waals surface area contributed by atoms with Crippen LogP contribution >= 0.6 is 22.6 Å². The number of carbonyl (C=O) groups is 1. The highest BCUT2D eigenvalue weighted by Gasteiger charge is 2.44. The van der Waals surface area contributed by atoms with E-state index in [1.165, 1.54) is 0 Å². The summed E-state index contributed by atoms with van der Waals surface area (Å²) in [5.74, 6) is -0.0641. The van der Waals surface area contributed by atoms with Gasteiger partial charge in [0.05, 0.1) is 5.41 Å². The number of hydrogen-bond donors (Lipinski definition) is 0. The fraction of sp³-hybridized carbons (Fsp3) is 0.417. The van der Waals surface area contributed by atoms with Crippen LogP contribution in [0, 0.1) is 5.41 Å². The number of benzene rings is 1. The van der Waals surface area contributed by atoms with Gasteiger partial charge in [-0.15, -0.1) is 0 Å². The minimum absolute atomic E-state index is 0.0570. The average molecular weight is 316 g/mol. The van der Waals surface area contributed by atoms with E-state index in [9.17, 15) is 4.79 Å². The Morgan fingerprint density at radius 1 is 1.47 bits per heavy atom. The Balaban J connectivity index is 2.20. The van der Waals surface area contributed by atoms with Gasteiger partial charge in [0.1, 0.15) is 6.10 Å². The van der Waals surface area contributed by atoms with E-state index < -0.39 is 0 Å². The summed E-state index contributed by atoms with van der Waals surface area (Å²) in [6.45, 7) is 1.98. The molecule has 0 unspecified atom stereocenters. The Bertz CT molecular complexity index is 363. The summed E-state index contributed by atoms with van der Waals surface area (Å²) < 4.78 is 6.22. The lowest BCUT2D eigenvalue weighted by Crippen LogP contribution is -2.23. The molecule has 0 amide bonds. The van der Waals surface area contributed by atoms with Crippen LogP contribution in [-0.2, 0) is 9.53 Å². The van der Waals surface area contributed by atoms with Crippen molar-refractivity contribution >= 4 is 28.6 Å². The van der Waals surface area contributed by atoms with Crippen molar-refractivity contribution in [2.24, 2.45) is 5.41 Å². The Labute approximate surface area is 103 Å². The lowest BCUT2D eigenvalue weighted by Gasteiger charge is -2.14. The van der Waals surface area contributed by atoms with E-state index in [2.05, 4.69) is 22.6 Å². The van der Waals surface area contributed by atoms with E-state index in [0.29, 0.717) is 0 Å². The molecule has 0 aliphatic carbocycles. The highest BCUT2D eigenvalue weighted by molar-refractivity contribution is 14.1. The molecule has 0 spiro atoms. The SMILES string of the molecule is C[C@@]1(CI)C[C@@H](c2ccccc2)OC1=O. The van der Waals surface area contributed by atoms with Gasteiger partial charge < -0.3 is 4.74 Å². The topological polar surface area (TPSA) is 26.3 Å². The van der Waals surface area contributed by atoms with Crippen LogP contribution < -0.4 is 0 Å². The largest absolute Gasteiger partial charge is 0.457 e. The molecule has 1 aliphatic rings. The molecule has 0 saturated carbocycles. The number of ether oxygens (including phenoxy) is 1. The molecule has 2 nitrogen and oxygen atoms in total. The maximum atomic E-state index is 11.7. The molecule has 2 rings (SSSR count). The molecule has 3 heteroatoms. The number of hydrogen-bond acceptors (Lipinski definition) is 2. The minimum Gasteiger partial charge on any atom is -0.457 e. The highest BCUT2D eigenvalue weighted by atomic mass is 127. The van der Waals surface area contributed by atoms with Gasteiger partial charge in [-0.05, 0) is 12.5 Å². The molecule has 2 atom stereocenters. The van der Waals surface area contributed by atoms with Crippen molar-refractivity contribution in [3.8, 4) is 0 Å². The van der Waals surface area contributed by atoms with Crippen molar-refractivity contribution in [3.05, 3.63) is 35.9 Å². The molecule has 15 heavy (non-hydrogen) atoms. The molecule has 0 bridgehead atoms. The summed E-state index contributed by atoms with van der Waals surface area (Å²) in [4.78, 5) is 11.7. The van der Waals surface area contributed by atoms with Gasteiger partial charge in [0.25, 0.3) is 0 Å². The predicted octanol–water partition coefficient (Wildman–Crippen LogP) is 3.12. The molecule has 1 saturated heterocycles. The molecule has 0 radical (unpaired) electrons. The van der Waals surface area contributed by atoms with Crippen molar-refractivity contribution in [3.63, 3.8) is 0 Å². The van der Waals surface area contributed by atoms with Gasteiger partial charge in [-0.1, -0.05) is 52.9 Å². The summed E-state index contributed by atoms with van der Waals surface area (Å²) >= 11 is 2.25. The average Bonchev–Trinajstić information content (AvgIpc) is 2.58. The molecule has 80 valence electrons. The number of esters is 1. The third-order valence-electron chi connectivity index (χ3n) is 2.84. The zero-order valence-corrected chi connectivity index (χ0v) is 10.7. The Morgan fingerprint density at radius 3 is 2.67 bits per heavy atom. The van der Waals surface area contributed by atoms with E-state index in [1.54, 1.807) is 0 Å². The Morgan fingerprint density at radius 2 is 2.13 bits per heavy atom. The van der Waals surface area contributed by atoms with Crippen molar-refractivity contribution in [1.29, 1.82) is 0 Å². The van der Waals surface area contributed by atoms with E-state index in [4.69, 9.17) is 4.74 Å². The first-order valence-corrected chi connectivity index (χ1v) is 6.50. The third-order valence-corrected chi connectivity index (χ3v) is 4.53. The van der Waals surface area contributed by atoms with Crippen molar-refractivity contribution in [2.45, 2.75) is 19.4 Å². The molecule has 0 N–H and O–H groups in total. The third kappa shape index (κ3) is 2.02. The summed E-state index contributed by atoms with van der Waals surface area (Å²) in [6, 6.07) is 9.94. The molecule has 1 aromatic rings. The zero-order chi connectivity index (χ0) is 10.9. The predicted molar refractivity (Wildman–Crippen MR) is 66.9 cm³/mol. The molecular weight excluding hydrogens is 303 g/mol. The van der Waals surface area contributed by atoms with Gasteiger partial charge in [0.2, 0.25) is 0 Å². The van der Waals surface area contributed by atoms with Gasteiger partial charge in [0, 0.05) is 10.8 Å². The number of alkyl halides is 1. The van der Waals surface area contributed by atoms with E-state index in [-0.39, 0.29) is 17.5 Å². The molecule has 1 heterocycles. The number of rotatable bonds is 2. The van der Waals surface area contributed by atoms with Crippen LogP contribution in [0.15, 0.2) is 30.3 Å². The first kappa shape index (κ1) is 10.9. The number of cyclic esters (lactones) is 1. The van der Waals surface area contributed by atoms with Gasteiger partial charge in [0.15, 0.2) is 0 Å². The first-order chi connectivity index (χ1) is 7.15. The maximum Gasteiger partial charge on any atom is 0.313 e. The van der Waals surface area contributed by atoms with Gasteiger partial charge in [-0.2, -0.15) is 0 Å². The highest BCUT2D eigenvalue weighted by Crippen LogP contribution is 2.42. The Kier molecular flexibility index (Phi) is 3.00. The van der Waals surface area contributed by atoms with Crippen LogP contribution in [0.4, 0.5) is 0 Å². The molecule has 0 aromatic heterocycles. The standard InChI is InChI=1S/C12H13IO2/c1-12(8-13)7-10(15-11(12)14)9-5-3-2-4-6-9/h2-6,10H,7-8H2,1H3/t10-,12-/m0/s1. The summed E-state index contributed by atoms with van der Waals surface area (Å²) in [7, 11) is 0. The van der Waals surface area contributed by atoms with Crippen LogP contribution in [0.2, 0.25) is 0 Å². The van der Waals surface area contributed by atoms with Crippen molar-refractivity contribution in [2.75, 3.05) is 4.43 Å². The molecular formula is C12H13IO2. The number of halogens is 1. The van der Waals surface area contributed by atoms with Crippen LogP contribution in [-0.4, -0.2) is 10.4 Å². The lowest BCUT2D eigenvalue weighted by molar-refractivity contribution is -0.147. The molecule has 1 fully saturated rings. The van der Waals surface area contributed by atoms with E-state index >= 15 is 0 Å². The minimum atomic E-state index is -0.304. The second-order valence-electron chi connectivity index (χ2n) is 4.20. The van der Waals surface area contributed by atoms with Crippen molar-refractivity contribution in [1.82, 2.24) is 0 Å². The lowest BCUT2D eigenvalue weighted by atomic mass is 9.88. The summed E-state index contributed by atoms with van der Waals surface area (Å²) in [6.07, 6.45) is 0.733.